The number of rotatable bonds is 8. The molecule has 1 amide bonds. The van der Waals surface area contributed by atoms with Gasteiger partial charge in [-0.25, -0.2) is 4.99 Å². The number of benzene rings is 5. The Morgan fingerprint density at radius 2 is 1.25 bits per heavy atom. The monoisotopic (exact) mass is 663 g/mol. The Kier molecular flexibility index (Phi) is 9.15. The van der Waals surface area contributed by atoms with Crippen LogP contribution in [0.5, 0.6) is 0 Å². The van der Waals surface area contributed by atoms with Gasteiger partial charge in [0.25, 0.3) is 5.91 Å². The minimum atomic E-state index is -0.104. The van der Waals surface area contributed by atoms with Gasteiger partial charge in [-0.05, 0) is 108 Å². The summed E-state index contributed by atoms with van der Waals surface area (Å²) in [5.74, 6) is -0.104. The number of amidine groups is 1. The van der Waals surface area contributed by atoms with Crippen LogP contribution in [0, 0.1) is 0 Å². The number of aromatic nitrogens is 1. The van der Waals surface area contributed by atoms with E-state index in [1.807, 2.05) is 91.0 Å². The molecule has 1 aliphatic rings. The molecule has 0 unspecified atom stereocenters. The van der Waals surface area contributed by atoms with E-state index in [0.717, 1.165) is 58.0 Å². The van der Waals surface area contributed by atoms with Gasteiger partial charge >= 0.3 is 0 Å². The summed E-state index contributed by atoms with van der Waals surface area (Å²) in [5.41, 5.74) is 10.1. The molecule has 6 heteroatoms. The Balaban J connectivity index is 1.42. The summed E-state index contributed by atoms with van der Waals surface area (Å²) in [5, 5.41) is 1.30. The summed E-state index contributed by atoms with van der Waals surface area (Å²) in [7, 11) is 0. The molecule has 48 heavy (non-hydrogen) atoms. The van der Waals surface area contributed by atoms with Crippen LogP contribution < -0.4 is 4.90 Å². The number of halogens is 1. The SMILES string of the molecule is CCc1ccc(N=C2S/C(=C/c3cc(-c4ccccc4)n(-c4ccc(Cl)cc4)c3-c3ccccc3)C(=O)N2c2ccc(CC)cc2)cc1. The van der Waals surface area contributed by atoms with Crippen molar-refractivity contribution < 1.29 is 4.79 Å². The van der Waals surface area contributed by atoms with Crippen molar-refractivity contribution in [3.8, 4) is 28.2 Å². The van der Waals surface area contributed by atoms with E-state index in [1.54, 1.807) is 4.90 Å². The van der Waals surface area contributed by atoms with Crippen molar-refractivity contribution in [2.75, 3.05) is 4.90 Å². The average Bonchev–Trinajstić information content (AvgIpc) is 3.66. The number of aliphatic imine (C=N–C) groups is 1. The van der Waals surface area contributed by atoms with Gasteiger partial charge < -0.3 is 4.57 Å². The minimum absolute atomic E-state index is 0.104. The van der Waals surface area contributed by atoms with Crippen LogP contribution >= 0.6 is 23.4 Å². The van der Waals surface area contributed by atoms with Gasteiger partial charge in [-0.3, -0.25) is 9.69 Å². The van der Waals surface area contributed by atoms with Crippen LogP contribution in [-0.2, 0) is 17.6 Å². The second-order valence-electron chi connectivity index (χ2n) is 11.6. The Morgan fingerprint density at radius 3 is 1.85 bits per heavy atom. The maximum Gasteiger partial charge on any atom is 0.271 e. The van der Waals surface area contributed by atoms with E-state index in [1.165, 1.54) is 22.9 Å². The number of anilines is 1. The molecule has 6 aromatic rings. The molecule has 4 nitrogen and oxygen atoms in total. The molecule has 0 bridgehead atoms. The summed E-state index contributed by atoms with van der Waals surface area (Å²) < 4.78 is 2.25. The molecule has 5 aromatic carbocycles. The lowest BCUT2D eigenvalue weighted by Crippen LogP contribution is -2.28. The molecule has 0 N–H and O–H groups in total. The molecule has 0 radical (unpaired) electrons. The molecule has 0 saturated carbocycles. The van der Waals surface area contributed by atoms with Crippen LogP contribution in [0.2, 0.25) is 5.02 Å². The molecule has 0 atom stereocenters. The van der Waals surface area contributed by atoms with Crippen molar-refractivity contribution >= 4 is 51.9 Å². The summed E-state index contributed by atoms with van der Waals surface area (Å²) in [4.78, 5) is 21.8. The molecule has 1 saturated heterocycles. The fourth-order valence-corrected chi connectivity index (χ4v) is 7.04. The Bertz CT molecular complexity index is 2120. The number of hydrogen-bond donors (Lipinski definition) is 0. The summed E-state index contributed by atoms with van der Waals surface area (Å²) in [6, 6.07) is 47.1. The normalized spacial score (nSPS) is 14.7. The molecule has 0 aliphatic carbocycles. The third-order valence-electron chi connectivity index (χ3n) is 8.50. The predicted molar refractivity (Wildman–Crippen MR) is 203 cm³/mol. The highest BCUT2D eigenvalue weighted by molar-refractivity contribution is 8.19. The third kappa shape index (κ3) is 6.40. The van der Waals surface area contributed by atoms with Crippen LogP contribution in [0.1, 0.15) is 30.5 Å². The van der Waals surface area contributed by atoms with Gasteiger partial charge in [0.1, 0.15) is 0 Å². The van der Waals surface area contributed by atoms with Gasteiger partial charge in [-0.2, -0.15) is 0 Å². The fraction of sp³-hybridized carbons (Fsp3) is 0.0952. The number of hydrogen-bond acceptors (Lipinski definition) is 3. The highest BCUT2D eigenvalue weighted by atomic mass is 35.5. The van der Waals surface area contributed by atoms with Gasteiger partial charge in [-0.15, -0.1) is 0 Å². The zero-order chi connectivity index (χ0) is 33.0. The summed E-state index contributed by atoms with van der Waals surface area (Å²) in [6.07, 6.45) is 3.90. The second kappa shape index (κ2) is 13.9. The number of amides is 1. The van der Waals surface area contributed by atoms with Gasteiger partial charge in [-0.1, -0.05) is 110 Å². The number of aryl methyl sites for hydroxylation is 2. The molecule has 0 spiro atoms. The zero-order valence-corrected chi connectivity index (χ0v) is 28.4. The van der Waals surface area contributed by atoms with Crippen molar-refractivity contribution in [2.45, 2.75) is 26.7 Å². The van der Waals surface area contributed by atoms with Crippen molar-refractivity contribution in [2.24, 2.45) is 4.99 Å². The van der Waals surface area contributed by atoms with E-state index in [2.05, 4.69) is 73.0 Å². The number of carbonyl (C=O) groups is 1. The quantitative estimate of drug-likeness (QED) is 0.152. The predicted octanol–water partition coefficient (Wildman–Crippen LogP) is 11.4. The van der Waals surface area contributed by atoms with Crippen LogP contribution in [0.25, 0.3) is 34.3 Å². The highest BCUT2D eigenvalue weighted by Crippen LogP contribution is 2.42. The lowest BCUT2D eigenvalue weighted by atomic mass is 10.1. The Hall–Kier alpha value is -5.10. The van der Waals surface area contributed by atoms with Crippen LogP contribution in [-0.4, -0.2) is 15.6 Å². The number of carbonyl (C=O) groups excluding carboxylic acids is 1. The van der Waals surface area contributed by atoms with E-state index in [4.69, 9.17) is 16.6 Å². The molecular weight excluding hydrogens is 630 g/mol. The topological polar surface area (TPSA) is 37.6 Å². The standard InChI is InChI=1S/C42H34ClN3OS/c1-3-29-15-21-35(22-16-29)44-42-46(37-23-17-30(4-2)18-24-37)41(47)39(48-42)28-33-27-38(31-11-7-5-8-12-31)45(36-25-19-34(43)20-26-36)40(33)32-13-9-6-10-14-32/h5-28H,3-4H2,1-2H3/b39-28+,44-42?. The van der Waals surface area contributed by atoms with Crippen molar-refractivity contribution in [1.82, 2.24) is 4.57 Å². The van der Waals surface area contributed by atoms with Gasteiger partial charge in [0.15, 0.2) is 5.17 Å². The second-order valence-corrected chi connectivity index (χ2v) is 13.0. The zero-order valence-electron chi connectivity index (χ0n) is 26.8. The molecule has 7 rings (SSSR count). The van der Waals surface area contributed by atoms with Crippen LogP contribution in [0.3, 0.4) is 0 Å². The largest absolute Gasteiger partial charge is 0.309 e. The van der Waals surface area contributed by atoms with Crippen molar-refractivity contribution in [3.63, 3.8) is 0 Å². The Morgan fingerprint density at radius 1 is 0.688 bits per heavy atom. The smallest absolute Gasteiger partial charge is 0.271 e. The maximum absolute atomic E-state index is 14.4. The van der Waals surface area contributed by atoms with E-state index >= 15 is 0 Å². The van der Waals surface area contributed by atoms with E-state index in [0.29, 0.717) is 15.1 Å². The van der Waals surface area contributed by atoms with E-state index in [9.17, 15) is 4.79 Å². The first-order chi connectivity index (χ1) is 23.5. The summed E-state index contributed by atoms with van der Waals surface area (Å²) in [6.45, 7) is 4.27. The molecular formula is C42H34ClN3OS. The first-order valence-electron chi connectivity index (χ1n) is 16.2. The first kappa shape index (κ1) is 31.5. The van der Waals surface area contributed by atoms with Crippen LogP contribution in [0.15, 0.2) is 149 Å². The number of nitrogens with zero attached hydrogens (tertiary/aromatic N) is 3. The van der Waals surface area contributed by atoms with E-state index in [-0.39, 0.29) is 5.91 Å². The van der Waals surface area contributed by atoms with Gasteiger partial charge in [0.05, 0.1) is 27.7 Å². The molecule has 1 aromatic heterocycles. The maximum atomic E-state index is 14.4. The van der Waals surface area contributed by atoms with Crippen molar-refractivity contribution in [3.05, 3.63) is 166 Å². The number of thioether (sulfide) groups is 1. The molecule has 1 aliphatic heterocycles. The highest BCUT2D eigenvalue weighted by Gasteiger charge is 2.35. The average molecular weight is 664 g/mol. The third-order valence-corrected chi connectivity index (χ3v) is 9.72. The molecule has 236 valence electrons. The molecule has 2 heterocycles. The lowest BCUT2D eigenvalue weighted by Gasteiger charge is -2.16. The summed E-state index contributed by atoms with van der Waals surface area (Å²) >= 11 is 7.74. The van der Waals surface area contributed by atoms with Gasteiger partial charge in [0, 0.05) is 16.3 Å². The lowest BCUT2D eigenvalue weighted by molar-refractivity contribution is -0.113. The fourth-order valence-electron chi connectivity index (χ4n) is 5.93. The van der Waals surface area contributed by atoms with Crippen LogP contribution in [0.4, 0.5) is 11.4 Å². The van der Waals surface area contributed by atoms with Gasteiger partial charge in [0.2, 0.25) is 0 Å². The van der Waals surface area contributed by atoms with E-state index < -0.39 is 0 Å². The first-order valence-corrected chi connectivity index (χ1v) is 17.3. The molecule has 1 fully saturated rings. The minimum Gasteiger partial charge on any atom is -0.309 e. The Labute approximate surface area is 291 Å². The van der Waals surface area contributed by atoms with Crippen molar-refractivity contribution in [1.29, 1.82) is 0 Å².